The first-order chi connectivity index (χ1) is 3.29. The summed E-state index contributed by atoms with van der Waals surface area (Å²) in [5.74, 6) is 0. The largest absolute Gasteiger partial charge is 0.324 e. The third-order valence-electron chi connectivity index (χ3n) is 0.598. The molecule has 0 saturated heterocycles. The third-order valence-corrected chi connectivity index (χ3v) is 1.35. The minimum atomic E-state index is -0.123. The maximum absolute atomic E-state index is 10.2. The molecule has 8 heavy (non-hydrogen) atoms. The molecule has 0 radical (unpaired) electrons. The summed E-state index contributed by atoms with van der Waals surface area (Å²) in [6.45, 7) is 1.81. The van der Waals surface area contributed by atoms with Crippen molar-refractivity contribution in [2.45, 2.75) is 6.92 Å². The molecular weight excluding hydrogens is 294 g/mol. The smallest absolute Gasteiger partial charge is 0.181 e. The summed E-state index contributed by atoms with van der Waals surface area (Å²) < 4.78 is 0. The fraction of sp³-hybridized carbons (Fsp3) is 0.250. The molecule has 0 aliphatic rings. The number of hydrogen-bond acceptors (Lipinski definition) is 3. The average Bonchev–Trinajstić information content (AvgIpc) is 1.87. The van der Waals surface area contributed by atoms with Gasteiger partial charge in [0.1, 0.15) is 0 Å². The maximum Gasteiger partial charge on any atom is 0.181 e. The van der Waals surface area contributed by atoms with Crippen molar-refractivity contribution in [1.82, 2.24) is 4.98 Å². The summed E-state index contributed by atoms with van der Waals surface area (Å²) in [6.07, 6.45) is 0. The number of aryl methyl sites for hydroxylation is 1. The molecular formula is C4H4NOSW-. The van der Waals surface area contributed by atoms with Crippen molar-refractivity contribution >= 4 is 11.3 Å². The Morgan fingerprint density at radius 2 is 2.38 bits per heavy atom. The van der Waals surface area contributed by atoms with Crippen LogP contribution in [0.3, 0.4) is 0 Å². The first kappa shape index (κ1) is 8.12. The molecule has 0 aliphatic carbocycles. The number of aromatic nitrogens is 1. The first-order valence-corrected chi connectivity index (χ1v) is 2.76. The van der Waals surface area contributed by atoms with E-state index in [1.165, 1.54) is 16.7 Å². The molecule has 0 N–H and O–H groups in total. The second kappa shape index (κ2) is 3.20. The molecule has 1 heterocycles. The minimum Gasteiger partial charge on any atom is -0.324 e. The maximum atomic E-state index is 10.2. The Kier molecular flexibility index (Phi) is 3.25. The zero-order chi connectivity index (χ0) is 5.28. The molecule has 0 saturated carbocycles. The Morgan fingerprint density at radius 3 is 2.50 bits per heavy atom. The van der Waals surface area contributed by atoms with Gasteiger partial charge in [-0.1, -0.05) is 17.3 Å². The van der Waals surface area contributed by atoms with Crippen molar-refractivity contribution in [2.75, 3.05) is 0 Å². The van der Waals surface area contributed by atoms with Gasteiger partial charge >= 0.3 is 0 Å². The topological polar surface area (TPSA) is 30.0 Å². The van der Waals surface area contributed by atoms with Crippen molar-refractivity contribution < 1.29 is 21.1 Å². The molecule has 1 rings (SSSR count). The van der Waals surface area contributed by atoms with Crippen LogP contribution in [0.5, 0.6) is 0 Å². The SMILES string of the molecule is Cc1nc(=O)[cH-]s1.[W]. The third kappa shape index (κ3) is 1.93. The van der Waals surface area contributed by atoms with E-state index in [4.69, 9.17) is 0 Å². The molecule has 0 amide bonds. The van der Waals surface area contributed by atoms with E-state index in [0.29, 0.717) is 0 Å². The molecule has 2 nitrogen and oxygen atoms in total. The molecule has 44 valence electrons. The molecule has 0 aliphatic heterocycles. The number of hydrogen-bond donors (Lipinski definition) is 0. The molecule has 0 spiro atoms. The molecule has 0 atom stereocenters. The van der Waals surface area contributed by atoms with Gasteiger partial charge in [-0.25, -0.2) is 0 Å². The summed E-state index contributed by atoms with van der Waals surface area (Å²) in [5, 5.41) is 2.33. The van der Waals surface area contributed by atoms with Gasteiger partial charge in [-0.3, -0.25) is 4.79 Å². The van der Waals surface area contributed by atoms with E-state index in [9.17, 15) is 4.79 Å². The Bertz CT molecular complexity index is 204. The van der Waals surface area contributed by atoms with Crippen molar-refractivity contribution in [3.05, 3.63) is 20.7 Å². The quantitative estimate of drug-likeness (QED) is 0.654. The zero-order valence-electron chi connectivity index (χ0n) is 4.25. The molecule has 1 aromatic heterocycles. The van der Waals surface area contributed by atoms with E-state index in [2.05, 4.69) is 4.98 Å². The fourth-order valence-corrected chi connectivity index (χ4v) is 0.810. The predicted octanol–water partition coefficient (Wildman–Crippen LogP) is 0.528. The van der Waals surface area contributed by atoms with Crippen LogP contribution in [0, 0.1) is 6.92 Å². The second-order valence-corrected chi connectivity index (χ2v) is 2.27. The van der Waals surface area contributed by atoms with E-state index in [1.54, 1.807) is 0 Å². The number of thiazole rings is 1. The van der Waals surface area contributed by atoms with Crippen LogP contribution in [0.25, 0.3) is 0 Å². The molecule has 0 unspecified atom stereocenters. The van der Waals surface area contributed by atoms with Gasteiger partial charge in [0.05, 0.1) is 0 Å². The van der Waals surface area contributed by atoms with Crippen LogP contribution in [0.2, 0.25) is 0 Å². The van der Waals surface area contributed by atoms with Crippen LogP contribution < -0.4 is 5.56 Å². The van der Waals surface area contributed by atoms with Gasteiger partial charge in [0.2, 0.25) is 0 Å². The van der Waals surface area contributed by atoms with E-state index >= 15 is 0 Å². The Morgan fingerprint density at radius 1 is 1.75 bits per heavy atom. The molecule has 4 heteroatoms. The van der Waals surface area contributed by atoms with E-state index in [1.807, 2.05) is 6.92 Å². The van der Waals surface area contributed by atoms with Crippen LogP contribution in [0.4, 0.5) is 0 Å². The predicted molar refractivity (Wildman–Crippen MR) is 28.7 cm³/mol. The van der Waals surface area contributed by atoms with Crippen molar-refractivity contribution in [3.8, 4) is 0 Å². The van der Waals surface area contributed by atoms with Gasteiger partial charge in [0.15, 0.2) is 5.56 Å². The van der Waals surface area contributed by atoms with Crippen LogP contribution in [0.15, 0.2) is 10.2 Å². The summed E-state index contributed by atoms with van der Waals surface area (Å²) in [5.41, 5.74) is -0.123. The normalized spacial score (nSPS) is 8.12. The first-order valence-electron chi connectivity index (χ1n) is 1.88. The summed E-state index contributed by atoms with van der Waals surface area (Å²) in [7, 11) is 0. The Hall–Kier alpha value is 0.118. The minimum absolute atomic E-state index is 0. The zero-order valence-corrected chi connectivity index (χ0v) is 8.00. The van der Waals surface area contributed by atoms with Crippen LogP contribution >= 0.6 is 11.3 Å². The summed E-state index contributed by atoms with van der Waals surface area (Å²) >= 11 is 1.38. The Labute approximate surface area is 65.2 Å². The van der Waals surface area contributed by atoms with Gasteiger partial charge in [0.25, 0.3) is 0 Å². The number of nitrogens with zero attached hydrogens (tertiary/aromatic N) is 1. The van der Waals surface area contributed by atoms with Crippen LogP contribution in [-0.2, 0) is 21.1 Å². The second-order valence-electron chi connectivity index (χ2n) is 1.20. The van der Waals surface area contributed by atoms with E-state index in [-0.39, 0.29) is 26.6 Å². The van der Waals surface area contributed by atoms with Crippen molar-refractivity contribution in [2.24, 2.45) is 0 Å². The van der Waals surface area contributed by atoms with Crippen molar-refractivity contribution in [3.63, 3.8) is 0 Å². The van der Waals surface area contributed by atoms with Gasteiger partial charge in [-0.05, 0) is 0 Å². The van der Waals surface area contributed by atoms with Gasteiger partial charge in [-0.2, -0.15) is 0 Å². The Balaban J connectivity index is 0.000000490. The van der Waals surface area contributed by atoms with Crippen molar-refractivity contribution in [1.29, 1.82) is 0 Å². The number of rotatable bonds is 0. The molecule has 0 fully saturated rings. The van der Waals surface area contributed by atoms with E-state index in [0.717, 1.165) is 5.01 Å². The molecule has 0 aromatic carbocycles. The molecule has 0 bridgehead atoms. The summed E-state index contributed by atoms with van der Waals surface area (Å²) in [6, 6.07) is 0. The van der Waals surface area contributed by atoms with Gasteiger partial charge in [-0.15, -0.1) is 0 Å². The van der Waals surface area contributed by atoms with E-state index < -0.39 is 0 Å². The molecule has 1 aromatic rings. The fourth-order valence-electron chi connectivity index (χ4n) is 0.344. The van der Waals surface area contributed by atoms with Crippen LogP contribution in [-0.4, -0.2) is 4.98 Å². The average molecular weight is 298 g/mol. The summed E-state index contributed by atoms with van der Waals surface area (Å²) in [4.78, 5) is 13.8. The van der Waals surface area contributed by atoms with Gasteiger partial charge < -0.3 is 16.3 Å². The van der Waals surface area contributed by atoms with Gasteiger partial charge in [0, 0.05) is 21.1 Å². The van der Waals surface area contributed by atoms with Crippen LogP contribution in [0.1, 0.15) is 5.01 Å². The monoisotopic (exact) mass is 298 g/mol. The standard InChI is InChI=1S/C4H4NOS.W/c1-3-5-4(6)2-7-3;/h2H,1H3;/q-1;.